The Labute approximate surface area is 111 Å². The molecule has 1 aliphatic heterocycles. The number of hydrogen-bond donors (Lipinski definition) is 1. The summed E-state index contributed by atoms with van der Waals surface area (Å²) in [5.74, 6) is 0.586. The van der Waals surface area contributed by atoms with Crippen molar-refractivity contribution in [2.45, 2.75) is 57.6 Å². The molecule has 2 atom stereocenters. The lowest BCUT2D eigenvalue weighted by atomic mass is 9.88. The maximum absolute atomic E-state index is 6.32. The first-order valence-electron chi connectivity index (χ1n) is 6.99. The molecule has 0 aliphatic carbocycles. The van der Waals surface area contributed by atoms with Crippen LogP contribution in [0.1, 0.15) is 50.7 Å². The summed E-state index contributed by atoms with van der Waals surface area (Å²) in [5, 5.41) is 0. The lowest BCUT2D eigenvalue weighted by Crippen LogP contribution is -2.46. The van der Waals surface area contributed by atoms with Gasteiger partial charge in [-0.2, -0.15) is 0 Å². The van der Waals surface area contributed by atoms with Crippen LogP contribution in [0.3, 0.4) is 0 Å². The maximum atomic E-state index is 6.32. The second-order valence-electron chi connectivity index (χ2n) is 5.97. The summed E-state index contributed by atoms with van der Waals surface area (Å²) in [6, 6.07) is 8.92. The van der Waals surface area contributed by atoms with Crippen molar-refractivity contribution in [2.24, 2.45) is 5.73 Å². The summed E-state index contributed by atoms with van der Waals surface area (Å²) < 4.78 is 5.81. The van der Waals surface area contributed by atoms with Crippen LogP contribution in [0.15, 0.2) is 24.3 Å². The van der Waals surface area contributed by atoms with Gasteiger partial charge in [-0.3, -0.25) is 0 Å². The van der Waals surface area contributed by atoms with Gasteiger partial charge < -0.3 is 10.5 Å². The quantitative estimate of drug-likeness (QED) is 0.886. The standard InChI is InChI=1S/C16H25NO/c1-12(2)14-7-5-13(6-8-14)11-15(17)16(3)9-4-10-18-16/h5-8,12,15H,4,9-11,17H2,1-3H3. The van der Waals surface area contributed by atoms with Crippen LogP contribution in [0.5, 0.6) is 0 Å². The minimum atomic E-state index is -0.128. The summed E-state index contributed by atoms with van der Waals surface area (Å²) in [7, 11) is 0. The van der Waals surface area contributed by atoms with Gasteiger partial charge in [0, 0.05) is 12.6 Å². The van der Waals surface area contributed by atoms with E-state index in [-0.39, 0.29) is 11.6 Å². The average Bonchev–Trinajstić information content (AvgIpc) is 2.78. The van der Waals surface area contributed by atoms with Gasteiger partial charge in [0.1, 0.15) is 0 Å². The molecule has 2 unspecified atom stereocenters. The summed E-state index contributed by atoms with van der Waals surface area (Å²) in [6.07, 6.45) is 3.11. The Hall–Kier alpha value is -0.860. The molecule has 0 aromatic heterocycles. The third-order valence-corrected chi connectivity index (χ3v) is 4.14. The molecule has 0 bridgehead atoms. The molecule has 2 nitrogen and oxygen atoms in total. The Kier molecular flexibility index (Phi) is 4.08. The third-order valence-electron chi connectivity index (χ3n) is 4.14. The van der Waals surface area contributed by atoms with E-state index in [1.54, 1.807) is 0 Å². The zero-order valence-corrected chi connectivity index (χ0v) is 11.8. The first-order valence-corrected chi connectivity index (χ1v) is 6.99. The molecule has 0 amide bonds. The SMILES string of the molecule is CC(C)c1ccc(CC(N)C2(C)CCCO2)cc1. The Bertz CT molecular complexity index is 377. The van der Waals surface area contributed by atoms with E-state index in [4.69, 9.17) is 10.5 Å². The molecule has 1 fully saturated rings. The largest absolute Gasteiger partial charge is 0.374 e. The van der Waals surface area contributed by atoms with Crippen LogP contribution in [-0.4, -0.2) is 18.2 Å². The lowest BCUT2D eigenvalue weighted by Gasteiger charge is -2.30. The van der Waals surface area contributed by atoms with E-state index in [2.05, 4.69) is 45.0 Å². The smallest absolute Gasteiger partial charge is 0.0808 e. The Morgan fingerprint density at radius 3 is 2.44 bits per heavy atom. The molecule has 2 heteroatoms. The van der Waals surface area contributed by atoms with Crippen LogP contribution in [0.2, 0.25) is 0 Å². The number of rotatable bonds is 4. The van der Waals surface area contributed by atoms with Crippen LogP contribution in [-0.2, 0) is 11.2 Å². The van der Waals surface area contributed by atoms with Crippen molar-refractivity contribution in [2.75, 3.05) is 6.61 Å². The van der Waals surface area contributed by atoms with Gasteiger partial charge >= 0.3 is 0 Å². The maximum Gasteiger partial charge on any atom is 0.0808 e. The van der Waals surface area contributed by atoms with Crippen LogP contribution >= 0.6 is 0 Å². The van der Waals surface area contributed by atoms with Crippen molar-refractivity contribution in [3.63, 3.8) is 0 Å². The van der Waals surface area contributed by atoms with E-state index in [0.29, 0.717) is 5.92 Å². The van der Waals surface area contributed by atoms with Crippen molar-refractivity contribution < 1.29 is 4.74 Å². The predicted molar refractivity (Wildman–Crippen MR) is 75.8 cm³/mol. The molecule has 0 saturated carbocycles. The van der Waals surface area contributed by atoms with Crippen LogP contribution in [0.25, 0.3) is 0 Å². The average molecular weight is 247 g/mol. The third kappa shape index (κ3) is 2.93. The lowest BCUT2D eigenvalue weighted by molar-refractivity contribution is -0.000904. The fraction of sp³-hybridized carbons (Fsp3) is 0.625. The fourth-order valence-corrected chi connectivity index (χ4v) is 2.60. The normalized spacial score (nSPS) is 25.6. The van der Waals surface area contributed by atoms with Gasteiger partial charge in [-0.25, -0.2) is 0 Å². The molecule has 2 N–H and O–H groups in total. The zero-order valence-electron chi connectivity index (χ0n) is 11.8. The topological polar surface area (TPSA) is 35.2 Å². The molecule has 18 heavy (non-hydrogen) atoms. The molecule has 1 aromatic carbocycles. The summed E-state index contributed by atoms with van der Waals surface area (Å²) >= 11 is 0. The molecular weight excluding hydrogens is 222 g/mol. The Balaban J connectivity index is 2.00. The molecule has 100 valence electrons. The van der Waals surface area contributed by atoms with Gasteiger partial charge in [0.2, 0.25) is 0 Å². The van der Waals surface area contributed by atoms with Crippen molar-refractivity contribution in [3.8, 4) is 0 Å². The Morgan fingerprint density at radius 2 is 1.94 bits per heavy atom. The van der Waals surface area contributed by atoms with Crippen molar-refractivity contribution in [1.29, 1.82) is 0 Å². The monoisotopic (exact) mass is 247 g/mol. The minimum absolute atomic E-state index is 0.0879. The second kappa shape index (κ2) is 5.41. The predicted octanol–water partition coefficient (Wildman–Crippen LogP) is 3.25. The number of ether oxygens (including phenoxy) is 1. The van der Waals surface area contributed by atoms with Gasteiger partial charge in [-0.15, -0.1) is 0 Å². The highest BCUT2D eigenvalue weighted by molar-refractivity contribution is 5.25. The van der Waals surface area contributed by atoms with Crippen LogP contribution in [0, 0.1) is 0 Å². The van der Waals surface area contributed by atoms with E-state index >= 15 is 0 Å². The van der Waals surface area contributed by atoms with Gasteiger partial charge in [0.15, 0.2) is 0 Å². The van der Waals surface area contributed by atoms with Crippen molar-refractivity contribution >= 4 is 0 Å². The number of hydrogen-bond acceptors (Lipinski definition) is 2. The van der Waals surface area contributed by atoms with E-state index < -0.39 is 0 Å². The number of nitrogens with two attached hydrogens (primary N) is 1. The molecule has 0 radical (unpaired) electrons. The first-order chi connectivity index (χ1) is 8.51. The summed E-state index contributed by atoms with van der Waals surface area (Å²) in [4.78, 5) is 0. The highest BCUT2D eigenvalue weighted by Gasteiger charge is 2.35. The van der Waals surface area contributed by atoms with E-state index in [1.807, 2.05) is 0 Å². The van der Waals surface area contributed by atoms with E-state index in [0.717, 1.165) is 25.9 Å². The van der Waals surface area contributed by atoms with Gasteiger partial charge in [0.25, 0.3) is 0 Å². The second-order valence-corrected chi connectivity index (χ2v) is 5.97. The summed E-state index contributed by atoms with van der Waals surface area (Å²) in [6.45, 7) is 7.44. The highest BCUT2D eigenvalue weighted by Crippen LogP contribution is 2.29. The van der Waals surface area contributed by atoms with Gasteiger partial charge in [-0.1, -0.05) is 38.1 Å². The molecule has 1 heterocycles. The fourth-order valence-electron chi connectivity index (χ4n) is 2.60. The van der Waals surface area contributed by atoms with Crippen molar-refractivity contribution in [1.82, 2.24) is 0 Å². The molecule has 1 aliphatic rings. The van der Waals surface area contributed by atoms with E-state index in [9.17, 15) is 0 Å². The molecule has 1 aromatic rings. The van der Waals surface area contributed by atoms with Gasteiger partial charge in [0.05, 0.1) is 5.60 Å². The van der Waals surface area contributed by atoms with Crippen LogP contribution < -0.4 is 5.73 Å². The highest BCUT2D eigenvalue weighted by atomic mass is 16.5. The molecule has 0 spiro atoms. The number of benzene rings is 1. The van der Waals surface area contributed by atoms with Crippen LogP contribution in [0.4, 0.5) is 0 Å². The minimum Gasteiger partial charge on any atom is -0.374 e. The summed E-state index contributed by atoms with van der Waals surface area (Å²) in [5.41, 5.74) is 8.88. The first kappa shape index (κ1) is 13.6. The van der Waals surface area contributed by atoms with Crippen molar-refractivity contribution in [3.05, 3.63) is 35.4 Å². The zero-order chi connectivity index (χ0) is 13.2. The van der Waals surface area contributed by atoms with E-state index in [1.165, 1.54) is 11.1 Å². The molecule has 2 rings (SSSR count). The van der Waals surface area contributed by atoms with Gasteiger partial charge in [-0.05, 0) is 43.2 Å². The molecule has 1 saturated heterocycles. The molecular formula is C16H25NO. The Morgan fingerprint density at radius 1 is 1.28 bits per heavy atom.